The van der Waals surface area contributed by atoms with Crippen LogP contribution in [-0.2, 0) is 9.59 Å². The highest BCUT2D eigenvalue weighted by Crippen LogP contribution is 1.99. The molecule has 1 atom stereocenters. The molecule has 0 saturated carbocycles. The lowest BCUT2D eigenvalue weighted by atomic mass is 10.2. The van der Waals surface area contributed by atoms with Gasteiger partial charge in [0.1, 0.15) is 0 Å². The van der Waals surface area contributed by atoms with Gasteiger partial charge < -0.3 is 11.1 Å². The first-order valence-electron chi connectivity index (χ1n) is 3.51. The van der Waals surface area contributed by atoms with Crippen LogP contribution in [0, 0.1) is 0 Å². The van der Waals surface area contributed by atoms with Crippen molar-refractivity contribution < 1.29 is 9.59 Å². The van der Waals surface area contributed by atoms with Gasteiger partial charge in [0.15, 0.2) is 0 Å². The zero-order valence-electron chi connectivity index (χ0n) is 6.09. The number of imide groups is 1. The first-order chi connectivity index (χ1) is 5.24. The van der Waals surface area contributed by atoms with E-state index in [1.165, 1.54) is 0 Å². The van der Waals surface area contributed by atoms with Crippen molar-refractivity contribution in [2.45, 2.75) is 12.5 Å². The Morgan fingerprint density at radius 1 is 1.64 bits per heavy atom. The zero-order chi connectivity index (χ0) is 8.27. The maximum Gasteiger partial charge on any atom is 0.244 e. The van der Waals surface area contributed by atoms with Gasteiger partial charge in [0.25, 0.3) is 0 Å². The number of carbonyl (C=O) groups is 2. The van der Waals surface area contributed by atoms with Crippen LogP contribution in [0.2, 0.25) is 0 Å². The quantitative estimate of drug-likeness (QED) is 0.412. The molecule has 1 saturated heterocycles. The normalized spacial score (nSPS) is 23.9. The number of nitrogens with one attached hydrogen (secondary N) is 2. The maximum absolute atomic E-state index is 10.9. The zero-order valence-corrected chi connectivity index (χ0v) is 6.09. The second kappa shape index (κ2) is 3.45. The van der Waals surface area contributed by atoms with E-state index in [9.17, 15) is 9.59 Å². The Morgan fingerprint density at radius 3 is 2.82 bits per heavy atom. The van der Waals surface area contributed by atoms with Crippen LogP contribution in [0.4, 0.5) is 0 Å². The smallest absolute Gasteiger partial charge is 0.244 e. The minimum atomic E-state index is -0.369. The minimum absolute atomic E-state index is 0.218. The van der Waals surface area contributed by atoms with E-state index in [0.717, 1.165) is 0 Å². The molecule has 1 aliphatic heterocycles. The molecule has 0 aromatic rings. The lowest BCUT2D eigenvalue weighted by Gasteiger charge is -2.05. The molecule has 5 nitrogen and oxygen atoms in total. The van der Waals surface area contributed by atoms with Crippen LogP contribution in [0.5, 0.6) is 0 Å². The van der Waals surface area contributed by atoms with E-state index in [4.69, 9.17) is 5.73 Å². The first kappa shape index (κ1) is 8.16. The van der Waals surface area contributed by atoms with E-state index in [1.54, 1.807) is 0 Å². The van der Waals surface area contributed by atoms with Gasteiger partial charge in [0.05, 0.1) is 12.5 Å². The van der Waals surface area contributed by atoms with E-state index < -0.39 is 0 Å². The third kappa shape index (κ3) is 1.99. The maximum atomic E-state index is 10.9. The molecule has 62 valence electrons. The Balaban J connectivity index is 2.34. The van der Waals surface area contributed by atoms with Crippen molar-refractivity contribution in [3.63, 3.8) is 0 Å². The Morgan fingerprint density at radius 2 is 2.36 bits per heavy atom. The fraction of sp³-hybridized carbons (Fsp3) is 0.667. The molecule has 0 aromatic heterocycles. The molecular formula is C6H11N3O2. The number of nitrogens with two attached hydrogens (primary N) is 1. The van der Waals surface area contributed by atoms with Gasteiger partial charge in [-0.3, -0.25) is 14.9 Å². The highest BCUT2D eigenvalue weighted by atomic mass is 16.2. The fourth-order valence-electron chi connectivity index (χ4n) is 0.976. The van der Waals surface area contributed by atoms with Crippen molar-refractivity contribution in [3.05, 3.63) is 0 Å². The van der Waals surface area contributed by atoms with Gasteiger partial charge >= 0.3 is 0 Å². The molecule has 0 bridgehead atoms. The molecule has 1 fully saturated rings. The third-order valence-corrected chi connectivity index (χ3v) is 1.50. The minimum Gasteiger partial charge on any atom is -0.329 e. The average molecular weight is 157 g/mol. The van der Waals surface area contributed by atoms with Gasteiger partial charge in [0.2, 0.25) is 11.8 Å². The summed E-state index contributed by atoms with van der Waals surface area (Å²) in [5.41, 5.74) is 5.21. The second-order valence-electron chi connectivity index (χ2n) is 2.41. The van der Waals surface area contributed by atoms with Crippen LogP contribution in [0.1, 0.15) is 6.42 Å². The largest absolute Gasteiger partial charge is 0.329 e. The topological polar surface area (TPSA) is 84.2 Å². The molecule has 0 unspecified atom stereocenters. The Hall–Kier alpha value is -0.940. The standard InChI is InChI=1S/C6H11N3O2/c7-1-2-8-4-3-5(10)9-6(4)11/h4,8H,1-3,7H2,(H,9,10,11)/t4-/m1/s1. The Bertz CT molecular complexity index is 181. The molecule has 1 aliphatic rings. The monoisotopic (exact) mass is 157 g/mol. The molecule has 0 aromatic carbocycles. The van der Waals surface area contributed by atoms with E-state index in [-0.39, 0.29) is 24.3 Å². The molecule has 4 N–H and O–H groups in total. The van der Waals surface area contributed by atoms with Crippen LogP contribution < -0.4 is 16.4 Å². The molecule has 1 heterocycles. The molecule has 0 radical (unpaired) electrons. The van der Waals surface area contributed by atoms with Gasteiger partial charge in [-0.15, -0.1) is 0 Å². The van der Waals surface area contributed by atoms with Crippen molar-refractivity contribution in [3.8, 4) is 0 Å². The highest BCUT2D eigenvalue weighted by molar-refractivity contribution is 6.05. The van der Waals surface area contributed by atoms with Gasteiger partial charge in [0, 0.05) is 13.1 Å². The number of hydrogen-bond acceptors (Lipinski definition) is 4. The van der Waals surface area contributed by atoms with Crippen LogP contribution in [0.15, 0.2) is 0 Å². The van der Waals surface area contributed by atoms with Crippen LogP contribution >= 0.6 is 0 Å². The molecule has 2 amide bonds. The molecule has 5 heteroatoms. The van der Waals surface area contributed by atoms with E-state index in [1.807, 2.05) is 0 Å². The Labute approximate surface area is 64.3 Å². The first-order valence-corrected chi connectivity index (χ1v) is 3.51. The summed E-state index contributed by atoms with van der Waals surface area (Å²) in [4.78, 5) is 21.5. The van der Waals surface area contributed by atoms with Crippen molar-refractivity contribution in [2.75, 3.05) is 13.1 Å². The molecule has 11 heavy (non-hydrogen) atoms. The predicted molar refractivity (Wildman–Crippen MR) is 38.6 cm³/mol. The van der Waals surface area contributed by atoms with E-state index in [0.29, 0.717) is 13.1 Å². The van der Waals surface area contributed by atoms with Crippen molar-refractivity contribution in [1.82, 2.24) is 10.6 Å². The number of amides is 2. The predicted octanol–water partition coefficient (Wildman–Crippen LogP) is -2.05. The summed E-state index contributed by atoms with van der Waals surface area (Å²) < 4.78 is 0. The van der Waals surface area contributed by atoms with Crippen molar-refractivity contribution in [1.29, 1.82) is 0 Å². The molecule has 0 spiro atoms. The van der Waals surface area contributed by atoms with Crippen molar-refractivity contribution >= 4 is 11.8 Å². The van der Waals surface area contributed by atoms with Crippen LogP contribution in [0.25, 0.3) is 0 Å². The van der Waals surface area contributed by atoms with Gasteiger partial charge in [-0.05, 0) is 0 Å². The van der Waals surface area contributed by atoms with Crippen LogP contribution in [0.3, 0.4) is 0 Å². The summed E-state index contributed by atoms with van der Waals surface area (Å²) in [5.74, 6) is -0.465. The van der Waals surface area contributed by atoms with Crippen molar-refractivity contribution in [2.24, 2.45) is 5.73 Å². The lowest BCUT2D eigenvalue weighted by Crippen LogP contribution is -2.38. The van der Waals surface area contributed by atoms with Gasteiger partial charge in [-0.25, -0.2) is 0 Å². The van der Waals surface area contributed by atoms with Gasteiger partial charge in [-0.1, -0.05) is 0 Å². The molecular weight excluding hydrogens is 146 g/mol. The average Bonchev–Trinajstić information content (AvgIpc) is 2.26. The molecule has 0 aliphatic carbocycles. The van der Waals surface area contributed by atoms with Crippen LogP contribution in [-0.4, -0.2) is 30.9 Å². The summed E-state index contributed by atoms with van der Waals surface area (Å²) in [6.07, 6.45) is 0.235. The number of hydrogen-bond donors (Lipinski definition) is 3. The van der Waals surface area contributed by atoms with Gasteiger partial charge in [-0.2, -0.15) is 0 Å². The summed E-state index contributed by atoms with van der Waals surface area (Å²) in [7, 11) is 0. The molecule has 1 rings (SSSR count). The third-order valence-electron chi connectivity index (χ3n) is 1.50. The summed E-state index contributed by atoms with van der Waals surface area (Å²) in [5, 5.41) is 5.05. The van der Waals surface area contributed by atoms with E-state index >= 15 is 0 Å². The number of rotatable bonds is 3. The summed E-state index contributed by atoms with van der Waals surface area (Å²) >= 11 is 0. The Kier molecular flexibility index (Phi) is 2.56. The SMILES string of the molecule is NCCN[C@@H]1CC(=O)NC1=O. The fourth-order valence-corrected chi connectivity index (χ4v) is 0.976. The summed E-state index contributed by atoms with van der Waals surface area (Å²) in [6, 6.07) is -0.369. The van der Waals surface area contributed by atoms with E-state index in [2.05, 4.69) is 10.6 Å². The number of carbonyl (C=O) groups excluding carboxylic acids is 2. The highest BCUT2D eigenvalue weighted by Gasteiger charge is 2.29. The summed E-state index contributed by atoms with van der Waals surface area (Å²) in [6.45, 7) is 1.03. The second-order valence-corrected chi connectivity index (χ2v) is 2.41. The lowest BCUT2D eigenvalue weighted by molar-refractivity contribution is -0.125.